The van der Waals surface area contributed by atoms with Gasteiger partial charge in [0.2, 0.25) is 5.95 Å². The maximum absolute atomic E-state index is 8.77. The lowest BCUT2D eigenvalue weighted by molar-refractivity contribution is 0.842. The Bertz CT molecular complexity index is 386. The average Bonchev–Trinajstić information content (AvgIpc) is 2.28. The van der Waals surface area contributed by atoms with Crippen molar-refractivity contribution in [2.45, 2.75) is 25.5 Å². The van der Waals surface area contributed by atoms with E-state index in [0.717, 1.165) is 18.7 Å². The molecule has 5 heteroatoms. The molecule has 0 amide bonds. The highest BCUT2D eigenvalue weighted by molar-refractivity contribution is 7.99. The molecule has 0 aliphatic carbocycles. The molecule has 1 aromatic rings. The zero-order valence-electron chi connectivity index (χ0n) is 9.82. The molecule has 0 aromatic carbocycles. The van der Waals surface area contributed by atoms with E-state index in [2.05, 4.69) is 28.5 Å². The number of hydrogen-bond acceptors (Lipinski definition) is 5. The van der Waals surface area contributed by atoms with Gasteiger partial charge in [-0.15, -0.1) is 0 Å². The molecule has 1 heterocycles. The molecule has 1 unspecified atom stereocenters. The summed E-state index contributed by atoms with van der Waals surface area (Å²) in [4.78, 5) is 8.31. The third-order valence-corrected chi connectivity index (χ3v) is 3.25. The first-order valence-corrected chi connectivity index (χ1v) is 6.47. The molecule has 1 N–H and O–H groups in total. The number of thioether (sulfide) groups is 1. The van der Waals surface area contributed by atoms with Crippen molar-refractivity contribution in [3.05, 3.63) is 17.5 Å². The summed E-state index contributed by atoms with van der Waals surface area (Å²) in [5.41, 5.74) is 1.22. The first-order valence-electron chi connectivity index (χ1n) is 5.18. The molecule has 16 heavy (non-hydrogen) atoms. The Kier molecular flexibility index (Phi) is 5.06. The third kappa shape index (κ3) is 4.07. The molecule has 0 radical (unpaired) electrons. The number of nitrogens with one attached hydrogen (secondary N) is 1. The SMILES string of the molecule is CSC(C)CCNc1nc(C)cc(C#N)n1. The van der Waals surface area contributed by atoms with Crippen molar-refractivity contribution in [3.63, 3.8) is 0 Å². The third-order valence-electron chi connectivity index (χ3n) is 2.21. The van der Waals surface area contributed by atoms with E-state index in [1.807, 2.05) is 24.8 Å². The first-order chi connectivity index (χ1) is 7.65. The normalized spacial score (nSPS) is 11.9. The second-order valence-electron chi connectivity index (χ2n) is 3.59. The molecule has 1 atom stereocenters. The lowest BCUT2D eigenvalue weighted by atomic mass is 10.3. The van der Waals surface area contributed by atoms with E-state index in [9.17, 15) is 0 Å². The lowest BCUT2D eigenvalue weighted by Crippen LogP contribution is -2.10. The van der Waals surface area contributed by atoms with Gasteiger partial charge < -0.3 is 5.32 Å². The molecular weight excluding hydrogens is 220 g/mol. The fraction of sp³-hybridized carbons (Fsp3) is 0.545. The van der Waals surface area contributed by atoms with E-state index in [4.69, 9.17) is 5.26 Å². The van der Waals surface area contributed by atoms with Gasteiger partial charge in [-0.1, -0.05) is 6.92 Å². The van der Waals surface area contributed by atoms with Crippen LogP contribution in [0.2, 0.25) is 0 Å². The van der Waals surface area contributed by atoms with Crippen LogP contribution in [0.15, 0.2) is 6.07 Å². The number of nitriles is 1. The Hall–Kier alpha value is -1.28. The van der Waals surface area contributed by atoms with Crippen LogP contribution in [-0.4, -0.2) is 28.0 Å². The summed E-state index contributed by atoms with van der Waals surface area (Å²) < 4.78 is 0. The number of aryl methyl sites for hydroxylation is 1. The van der Waals surface area contributed by atoms with Gasteiger partial charge in [0, 0.05) is 17.5 Å². The molecule has 0 saturated heterocycles. The predicted molar refractivity (Wildman–Crippen MR) is 67.6 cm³/mol. The van der Waals surface area contributed by atoms with E-state index in [1.165, 1.54) is 0 Å². The Morgan fingerprint density at radius 1 is 1.56 bits per heavy atom. The van der Waals surface area contributed by atoms with Gasteiger partial charge in [-0.3, -0.25) is 0 Å². The Balaban J connectivity index is 2.54. The van der Waals surface area contributed by atoms with Gasteiger partial charge in [0.15, 0.2) is 0 Å². The van der Waals surface area contributed by atoms with Gasteiger partial charge in [-0.2, -0.15) is 17.0 Å². The van der Waals surface area contributed by atoms with Gasteiger partial charge in [-0.25, -0.2) is 9.97 Å². The summed E-state index contributed by atoms with van der Waals surface area (Å²) in [6.45, 7) is 4.87. The molecule has 0 saturated carbocycles. The van der Waals surface area contributed by atoms with Crippen LogP contribution < -0.4 is 5.32 Å². The summed E-state index contributed by atoms with van der Waals surface area (Å²) in [6.07, 6.45) is 3.15. The van der Waals surface area contributed by atoms with Crippen LogP contribution in [0.25, 0.3) is 0 Å². The molecule has 86 valence electrons. The fourth-order valence-electron chi connectivity index (χ4n) is 1.21. The van der Waals surface area contributed by atoms with E-state index < -0.39 is 0 Å². The lowest BCUT2D eigenvalue weighted by Gasteiger charge is -2.09. The highest BCUT2D eigenvalue weighted by Crippen LogP contribution is 2.10. The quantitative estimate of drug-likeness (QED) is 0.849. The number of aromatic nitrogens is 2. The van der Waals surface area contributed by atoms with Gasteiger partial charge in [0.05, 0.1) is 0 Å². The van der Waals surface area contributed by atoms with Gasteiger partial charge in [0.25, 0.3) is 0 Å². The molecule has 1 rings (SSSR count). The van der Waals surface area contributed by atoms with Crippen LogP contribution in [0, 0.1) is 18.3 Å². The van der Waals surface area contributed by atoms with Crippen molar-refractivity contribution in [2.24, 2.45) is 0 Å². The van der Waals surface area contributed by atoms with E-state index >= 15 is 0 Å². The second-order valence-corrected chi connectivity index (χ2v) is 4.87. The Morgan fingerprint density at radius 2 is 2.31 bits per heavy atom. The molecule has 0 fully saturated rings. The highest BCUT2D eigenvalue weighted by atomic mass is 32.2. The van der Waals surface area contributed by atoms with Gasteiger partial charge >= 0.3 is 0 Å². The number of hydrogen-bond donors (Lipinski definition) is 1. The van der Waals surface area contributed by atoms with Crippen molar-refractivity contribution < 1.29 is 0 Å². The van der Waals surface area contributed by atoms with E-state index in [1.54, 1.807) is 6.07 Å². The van der Waals surface area contributed by atoms with Crippen LogP contribution in [-0.2, 0) is 0 Å². The molecule has 0 spiro atoms. The smallest absolute Gasteiger partial charge is 0.224 e. The monoisotopic (exact) mass is 236 g/mol. The van der Waals surface area contributed by atoms with Crippen molar-refractivity contribution in [2.75, 3.05) is 18.1 Å². The maximum Gasteiger partial charge on any atom is 0.224 e. The van der Waals surface area contributed by atoms with Crippen LogP contribution in [0.1, 0.15) is 24.7 Å². The average molecular weight is 236 g/mol. The summed E-state index contributed by atoms with van der Waals surface area (Å²) >= 11 is 1.84. The minimum absolute atomic E-state index is 0.410. The second kappa shape index (κ2) is 6.33. The summed E-state index contributed by atoms with van der Waals surface area (Å²) in [7, 11) is 0. The summed E-state index contributed by atoms with van der Waals surface area (Å²) in [6, 6.07) is 3.70. The zero-order valence-corrected chi connectivity index (χ0v) is 10.6. The molecule has 4 nitrogen and oxygen atoms in total. The Morgan fingerprint density at radius 3 is 2.94 bits per heavy atom. The largest absolute Gasteiger partial charge is 0.354 e. The van der Waals surface area contributed by atoms with Crippen LogP contribution in [0.5, 0.6) is 0 Å². The number of nitrogens with zero attached hydrogens (tertiary/aromatic N) is 3. The van der Waals surface area contributed by atoms with Gasteiger partial charge in [-0.05, 0) is 25.7 Å². The first kappa shape index (κ1) is 12.8. The van der Waals surface area contributed by atoms with Crippen LogP contribution >= 0.6 is 11.8 Å². The number of rotatable bonds is 5. The molecule has 0 bridgehead atoms. The zero-order chi connectivity index (χ0) is 12.0. The Labute approximate surface area is 100 Å². The molecule has 0 aliphatic rings. The standard InChI is InChI=1S/C11H16N4S/c1-8-6-10(7-12)15-11(14-8)13-5-4-9(2)16-3/h6,9H,4-5H2,1-3H3,(H,13,14,15). The fourth-order valence-corrected chi connectivity index (χ4v) is 1.56. The van der Waals surface area contributed by atoms with Crippen molar-refractivity contribution in [3.8, 4) is 6.07 Å². The molecule has 0 aliphatic heterocycles. The molecule has 1 aromatic heterocycles. The van der Waals surface area contributed by atoms with E-state index in [-0.39, 0.29) is 0 Å². The minimum Gasteiger partial charge on any atom is -0.354 e. The van der Waals surface area contributed by atoms with Crippen LogP contribution in [0.4, 0.5) is 5.95 Å². The van der Waals surface area contributed by atoms with Gasteiger partial charge in [0.1, 0.15) is 11.8 Å². The van der Waals surface area contributed by atoms with Crippen molar-refractivity contribution in [1.82, 2.24) is 9.97 Å². The highest BCUT2D eigenvalue weighted by Gasteiger charge is 2.02. The topological polar surface area (TPSA) is 61.6 Å². The van der Waals surface area contributed by atoms with Crippen molar-refractivity contribution >= 4 is 17.7 Å². The predicted octanol–water partition coefficient (Wildman–Crippen LogP) is 2.21. The van der Waals surface area contributed by atoms with Crippen molar-refractivity contribution in [1.29, 1.82) is 5.26 Å². The maximum atomic E-state index is 8.77. The molecular formula is C11H16N4S. The minimum atomic E-state index is 0.410. The van der Waals surface area contributed by atoms with Crippen LogP contribution in [0.3, 0.4) is 0 Å². The summed E-state index contributed by atoms with van der Waals surface area (Å²) in [5.74, 6) is 0.546. The summed E-state index contributed by atoms with van der Waals surface area (Å²) in [5, 5.41) is 12.5. The number of anilines is 1. The van der Waals surface area contributed by atoms with E-state index in [0.29, 0.717) is 16.9 Å².